The van der Waals surface area contributed by atoms with Crippen LogP contribution in [0.15, 0.2) is 24.3 Å². The Balaban J connectivity index is -0.000000270. The number of halogens is 2. The molecule has 0 unspecified atom stereocenters. The zero-order chi connectivity index (χ0) is 6.91. The van der Waals surface area contributed by atoms with Gasteiger partial charge in [0.05, 0.1) is 0 Å². The zero-order valence-electron chi connectivity index (χ0n) is 7.57. The van der Waals surface area contributed by atoms with Crippen molar-refractivity contribution in [1.29, 1.82) is 0 Å². The van der Waals surface area contributed by atoms with E-state index in [1.807, 2.05) is 0 Å². The Morgan fingerprint density at radius 2 is 1.25 bits per heavy atom. The summed E-state index contributed by atoms with van der Waals surface area (Å²) in [6.45, 7) is 6.67. The Labute approximate surface area is 102 Å². The molecule has 1 radical (unpaired) electrons. The maximum absolute atomic E-state index is 2.22. The van der Waals surface area contributed by atoms with Crippen LogP contribution in [0.5, 0.6) is 0 Å². The molecule has 0 amide bonds. The minimum Gasteiger partial charge on any atom is -1.00 e. The average molecular weight is 240 g/mol. The van der Waals surface area contributed by atoms with E-state index in [1.165, 1.54) is 5.56 Å². The molecule has 0 heterocycles. The van der Waals surface area contributed by atoms with Crippen molar-refractivity contribution in [1.82, 2.24) is 0 Å². The van der Waals surface area contributed by atoms with Crippen LogP contribution in [-0.2, 0) is 27.1 Å². The minimum atomic E-state index is 0. The SMILES string of the molecule is CC(C)(C)[c-]1cccc1.[Cl-].[Cl-].[Ti+3]. The molecule has 0 nitrogen and oxygen atoms in total. The smallest absolute Gasteiger partial charge is 1.00 e. The Morgan fingerprint density at radius 3 is 1.42 bits per heavy atom. The van der Waals surface area contributed by atoms with Crippen LogP contribution in [0.2, 0.25) is 0 Å². The first kappa shape index (κ1) is 18.4. The van der Waals surface area contributed by atoms with E-state index in [0.29, 0.717) is 5.41 Å². The molecule has 0 aliphatic carbocycles. The fraction of sp³-hybridized carbons (Fsp3) is 0.444. The first-order chi connectivity index (χ1) is 4.11. The van der Waals surface area contributed by atoms with Gasteiger partial charge in [-0.2, -0.15) is 17.7 Å². The molecular formula is C9H13Cl2Ti. The zero-order valence-corrected chi connectivity index (χ0v) is 10.6. The van der Waals surface area contributed by atoms with Crippen LogP contribution in [0.25, 0.3) is 0 Å². The third kappa shape index (κ3) is 5.32. The maximum Gasteiger partial charge on any atom is 3.00 e. The minimum absolute atomic E-state index is 0. The Kier molecular flexibility index (Phi) is 10.9. The predicted molar refractivity (Wildman–Crippen MR) is 40.7 cm³/mol. The fourth-order valence-corrected chi connectivity index (χ4v) is 0.874. The van der Waals surface area contributed by atoms with E-state index in [0.717, 1.165) is 0 Å². The predicted octanol–water partition coefficient (Wildman–Crippen LogP) is -3.29. The molecule has 1 aromatic rings. The molecule has 0 fully saturated rings. The molecule has 0 aliphatic heterocycles. The van der Waals surface area contributed by atoms with Crippen molar-refractivity contribution < 1.29 is 46.5 Å². The largest absolute Gasteiger partial charge is 3.00 e. The first-order valence-electron chi connectivity index (χ1n) is 3.33. The van der Waals surface area contributed by atoms with Gasteiger partial charge in [-0.3, -0.25) is 0 Å². The van der Waals surface area contributed by atoms with Gasteiger partial charge in [0.1, 0.15) is 0 Å². The van der Waals surface area contributed by atoms with Crippen molar-refractivity contribution in [3.8, 4) is 0 Å². The molecule has 1 aromatic carbocycles. The molecule has 12 heavy (non-hydrogen) atoms. The quantitative estimate of drug-likeness (QED) is 0.329. The van der Waals surface area contributed by atoms with Gasteiger partial charge in [-0.25, -0.2) is 12.1 Å². The van der Waals surface area contributed by atoms with E-state index < -0.39 is 0 Å². The summed E-state index contributed by atoms with van der Waals surface area (Å²) >= 11 is 0. The van der Waals surface area contributed by atoms with Crippen LogP contribution in [0.4, 0.5) is 0 Å². The second kappa shape index (κ2) is 7.09. The third-order valence-electron chi connectivity index (χ3n) is 1.53. The van der Waals surface area contributed by atoms with Gasteiger partial charge in [-0.05, 0) is 0 Å². The number of hydrogen-bond acceptors (Lipinski definition) is 0. The van der Waals surface area contributed by atoms with E-state index in [2.05, 4.69) is 45.0 Å². The van der Waals surface area contributed by atoms with E-state index in [1.54, 1.807) is 0 Å². The Hall–Kier alpha value is 0.644. The molecule has 0 aromatic heterocycles. The maximum atomic E-state index is 2.22. The van der Waals surface area contributed by atoms with Crippen molar-refractivity contribution in [2.45, 2.75) is 26.2 Å². The summed E-state index contributed by atoms with van der Waals surface area (Å²) in [4.78, 5) is 0. The summed E-state index contributed by atoms with van der Waals surface area (Å²) in [5.74, 6) is 0. The monoisotopic (exact) mass is 239 g/mol. The van der Waals surface area contributed by atoms with Gasteiger partial charge in [0.2, 0.25) is 0 Å². The second-order valence-electron chi connectivity index (χ2n) is 3.42. The van der Waals surface area contributed by atoms with Crippen molar-refractivity contribution in [2.24, 2.45) is 0 Å². The van der Waals surface area contributed by atoms with Gasteiger partial charge >= 0.3 is 21.7 Å². The summed E-state index contributed by atoms with van der Waals surface area (Å²) in [5.41, 5.74) is 1.74. The normalized spacial score (nSPS) is 8.92. The van der Waals surface area contributed by atoms with Crippen LogP contribution in [0, 0.1) is 0 Å². The molecule has 3 heteroatoms. The van der Waals surface area contributed by atoms with Crippen molar-refractivity contribution in [3.63, 3.8) is 0 Å². The fourth-order valence-electron chi connectivity index (χ4n) is 0.874. The molecule has 67 valence electrons. The van der Waals surface area contributed by atoms with Crippen LogP contribution in [0.1, 0.15) is 26.3 Å². The van der Waals surface area contributed by atoms with Gasteiger partial charge < -0.3 is 24.8 Å². The topological polar surface area (TPSA) is 0 Å². The number of hydrogen-bond donors (Lipinski definition) is 0. The molecule has 0 N–H and O–H groups in total. The summed E-state index contributed by atoms with van der Waals surface area (Å²) in [6, 6.07) is 8.50. The van der Waals surface area contributed by atoms with Gasteiger partial charge in [0.25, 0.3) is 0 Å². The average Bonchev–Trinajstić information content (AvgIpc) is 2.08. The Bertz CT molecular complexity index is 175. The molecular weight excluding hydrogens is 227 g/mol. The van der Waals surface area contributed by atoms with Gasteiger partial charge in [-0.15, -0.1) is 0 Å². The molecule has 0 aliphatic rings. The number of rotatable bonds is 0. The third-order valence-corrected chi connectivity index (χ3v) is 1.53. The van der Waals surface area contributed by atoms with Gasteiger partial charge in [-0.1, -0.05) is 26.2 Å². The molecule has 1 rings (SSSR count). The van der Waals surface area contributed by atoms with E-state index >= 15 is 0 Å². The standard InChI is InChI=1S/C9H13.2ClH.Ti/c1-9(2,3)8-6-4-5-7-8;;;/h4-7H,1-3H3;2*1H;/q-1;;;+3/p-2. The van der Waals surface area contributed by atoms with Gasteiger partial charge in [0.15, 0.2) is 0 Å². The van der Waals surface area contributed by atoms with Crippen LogP contribution >= 0.6 is 0 Å². The first-order valence-corrected chi connectivity index (χ1v) is 3.33. The summed E-state index contributed by atoms with van der Waals surface area (Å²) in [7, 11) is 0. The molecule has 0 saturated carbocycles. The summed E-state index contributed by atoms with van der Waals surface area (Å²) in [5, 5.41) is 0. The van der Waals surface area contributed by atoms with Crippen LogP contribution in [-0.4, -0.2) is 0 Å². The van der Waals surface area contributed by atoms with Crippen molar-refractivity contribution >= 4 is 0 Å². The second-order valence-corrected chi connectivity index (χ2v) is 3.42. The van der Waals surface area contributed by atoms with E-state index in [-0.39, 0.29) is 46.5 Å². The summed E-state index contributed by atoms with van der Waals surface area (Å²) in [6.07, 6.45) is 0. The van der Waals surface area contributed by atoms with Crippen molar-refractivity contribution in [2.75, 3.05) is 0 Å². The van der Waals surface area contributed by atoms with E-state index in [9.17, 15) is 0 Å². The van der Waals surface area contributed by atoms with Crippen molar-refractivity contribution in [3.05, 3.63) is 29.8 Å². The van der Waals surface area contributed by atoms with Gasteiger partial charge in [0, 0.05) is 0 Å². The molecule has 0 bridgehead atoms. The molecule has 0 atom stereocenters. The molecule has 0 saturated heterocycles. The molecule has 0 spiro atoms. The van der Waals surface area contributed by atoms with E-state index in [4.69, 9.17) is 0 Å². The Morgan fingerprint density at radius 1 is 0.917 bits per heavy atom. The van der Waals surface area contributed by atoms with Crippen LogP contribution < -0.4 is 24.8 Å². The summed E-state index contributed by atoms with van der Waals surface area (Å²) < 4.78 is 0. The van der Waals surface area contributed by atoms with Crippen LogP contribution in [0.3, 0.4) is 0 Å².